The van der Waals surface area contributed by atoms with E-state index in [2.05, 4.69) is 12.2 Å². The van der Waals surface area contributed by atoms with Crippen LogP contribution in [0.1, 0.15) is 60.3 Å². The minimum atomic E-state index is -0.308. The van der Waals surface area contributed by atoms with Gasteiger partial charge in [0.25, 0.3) is 0 Å². The van der Waals surface area contributed by atoms with Crippen molar-refractivity contribution in [1.29, 1.82) is 0 Å². The summed E-state index contributed by atoms with van der Waals surface area (Å²) >= 11 is 1.53. The molecule has 0 bridgehead atoms. The molecule has 1 aliphatic rings. The number of hydrogen-bond donors (Lipinski definition) is 1. The summed E-state index contributed by atoms with van der Waals surface area (Å²) in [7, 11) is 0. The topological polar surface area (TPSA) is 55.4 Å². The summed E-state index contributed by atoms with van der Waals surface area (Å²) in [6.07, 6.45) is 5.34. The van der Waals surface area contributed by atoms with Gasteiger partial charge in [-0.25, -0.2) is 4.79 Å². The Bertz CT molecular complexity index is 507. The number of amides is 1. The van der Waals surface area contributed by atoms with Crippen LogP contribution >= 0.6 is 11.3 Å². The van der Waals surface area contributed by atoms with Crippen molar-refractivity contribution < 1.29 is 14.3 Å². The van der Waals surface area contributed by atoms with E-state index >= 15 is 0 Å². The fraction of sp³-hybridized carbons (Fsp3) is 0.600. The first-order valence-corrected chi connectivity index (χ1v) is 8.10. The zero-order chi connectivity index (χ0) is 14.5. The molecule has 110 valence electrons. The SMILES string of the molecule is CCCCC(=O)Nc1sc2c(c1C(=O)OCC)CCC2. The fourth-order valence-corrected chi connectivity index (χ4v) is 3.73. The molecule has 20 heavy (non-hydrogen) atoms. The van der Waals surface area contributed by atoms with Crippen LogP contribution in [0.25, 0.3) is 0 Å². The summed E-state index contributed by atoms with van der Waals surface area (Å²) in [5.41, 5.74) is 1.67. The maximum Gasteiger partial charge on any atom is 0.341 e. The van der Waals surface area contributed by atoms with Crippen molar-refractivity contribution >= 4 is 28.2 Å². The first kappa shape index (κ1) is 15.0. The molecule has 1 aliphatic carbocycles. The lowest BCUT2D eigenvalue weighted by Gasteiger charge is -2.07. The number of anilines is 1. The number of thiophene rings is 1. The van der Waals surface area contributed by atoms with Gasteiger partial charge >= 0.3 is 5.97 Å². The van der Waals surface area contributed by atoms with Crippen LogP contribution in [0.5, 0.6) is 0 Å². The zero-order valence-corrected chi connectivity index (χ0v) is 12.9. The van der Waals surface area contributed by atoms with Gasteiger partial charge in [0, 0.05) is 11.3 Å². The molecule has 0 saturated heterocycles. The van der Waals surface area contributed by atoms with E-state index in [1.807, 2.05) is 0 Å². The minimum Gasteiger partial charge on any atom is -0.462 e. The van der Waals surface area contributed by atoms with E-state index in [1.54, 1.807) is 6.92 Å². The Hall–Kier alpha value is -1.36. The summed E-state index contributed by atoms with van der Waals surface area (Å²) in [6, 6.07) is 0. The molecule has 2 rings (SSSR count). The van der Waals surface area contributed by atoms with Gasteiger partial charge in [0.05, 0.1) is 12.2 Å². The highest BCUT2D eigenvalue weighted by Gasteiger charge is 2.28. The van der Waals surface area contributed by atoms with E-state index < -0.39 is 0 Å². The summed E-state index contributed by atoms with van der Waals surface area (Å²) < 4.78 is 5.13. The van der Waals surface area contributed by atoms with Crippen LogP contribution in [0.2, 0.25) is 0 Å². The molecule has 5 heteroatoms. The number of rotatable bonds is 6. The van der Waals surface area contributed by atoms with Crippen LogP contribution in [-0.4, -0.2) is 18.5 Å². The van der Waals surface area contributed by atoms with Gasteiger partial charge in [-0.05, 0) is 38.2 Å². The van der Waals surface area contributed by atoms with Crippen molar-refractivity contribution in [2.75, 3.05) is 11.9 Å². The Morgan fingerprint density at radius 2 is 2.10 bits per heavy atom. The highest BCUT2D eigenvalue weighted by atomic mass is 32.1. The van der Waals surface area contributed by atoms with Crippen LogP contribution in [-0.2, 0) is 22.4 Å². The lowest BCUT2D eigenvalue weighted by atomic mass is 10.1. The average molecular weight is 295 g/mol. The van der Waals surface area contributed by atoms with Crippen LogP contribution in [0, 0.1) is 0 Å². The van der Waals surface area contributed by atoms with Crippen LogP contribution in [0.15, 0.2) is 0 Å². The van der Waals surface area contributed by atoms with E-state index in [0.717, 1.165) is 37.7 Å². The summed E-state index contributed by atoms with van der Waals surface area (Å²) in [5.74, 6) is -0.324. The number of nitrogens with one attached hydrogen (secondary N) is 1. The Morgan fingerprint density at radius 1 is 1.30 bits per heavy atom. The van der Waals surface area contributed by atoms with Crippen LogP contribution < -0.4 is 5.32 Å². The van der Waals surface area contributed by atoms with Gasteiger partial charge in [-0.3, -0.25) is 4.79 Å². The second-order valence-electron chi connectivity index (χ2n) is 4.93. The monoisotopic (exact) mass is 295 g/mol. The predicted molar refractivity (Wildman–Crippen MR) is 80.5 cm³/mol. The lowest BCUT2D eigenvalue weighted by Crippen LogP contribution is -2.14. The number of hydrogen-bond acceptors (Lipinski definition) is 4. The Kier molecular flexibility index (Phi) is 5.17. The molecule has 0 spiro atoms. The molecule has 0 radical (unpaired) electrons. The molecule has 1 N–H and O–H groups in total. The molecule has 0 saturated carbocycles. The third kappa shape index (κ3) is 3.20. The molecule has 0 atom stereocenters. The van der Waals surface area contributed by atoms with Crippen LogP contribution in [0.4, 0.5) is 5.00 Å². The Morgan fingerprint density at radius 3 is 2.80 bits per heavy atom. The van der Waals surface area contributed by atoms with Gasteiger partial charge in [-0.2, -0.15) is 0 Å². The first-order valence-electron chi connectivity index (χ1n) is 7.28. The Labute approximate surface area is 123 Å². The largest absolute Gasteiger partial charge is 0.462 e. The van der Waals surface area contributed by atoms with Crippen molar-refractivity contribution in [1.82, 2.24) is 0 Å². The molecule has 1 amide bonds. The molecule has 1 aromatic rings. The molecule has 1 heterocycles. The first-order chi connectivity index (χ1) is 9.67. The van der Waals surface area contributed by atoms with Crippen molar-refractivity contribution in [3.63, 3.8) is 0 Å². The van der Waals surface area contributed by atoms with E-state index in [0.29, 0.717) is 23.6 Å². The predicted octanol–water partition coefficient (Wildman–Crippen LogP) is 3.54. The molecule has 4 nitrogen and oxygen atoms in total. The van der Waals surface area contributed by atoms with Gasteiger partial charge in [0.2, 0.25) is 5.91 Å². The summed E-state index contributed by atoms with van der Waals surface area (Å²) in [4.78, 5) is 25.2. The van der Waals surface area contributed by atoms with E-state index in [-0.39, 0.29) is 11.9 Å². The van der Waals surface area contributed by atoms with E-state index in [4.69, 9.17) is 4.74 Å². The smallest absolute Gasteiger partial charge is 0.341 e. The normalized spacial score (nSPS) is 13.1. The molecular weight excluding hydrogens is 274 g/mol. The third-order valence-electron chi connectivity index (χ3n) is 3.41. The fourth-order valence-electron chi connectivity index (χ4n) is 2.44. The van der Waals surface area contributed by atoms with Crippen molar-refractivity contribution in [3.8, 4) is 0 Å². The molecular formula is C15H21NO3S. The molecule has 1 aromatic heterocycles. The number of esters is 1. The number of ether oxygens (including phenoxy) is 1. The Balaban J connectivity index is 2.19. The number of fused-ring (bicyclic) bond motifs is 1. The van der Waals surface area contributed by atoms with E-state index in [1.165, 1.54) is 16.2 Å². The van der Waals surface area contributed by atoms with Gasteiger partial charge in [-0.15, -0.1) is 11.3 Å². The number of unbranched alkanes of at least 4 members (excludes halogenated alkanes) is 1. The molecule has 0 aromatic carbocycles. The van der Waals surface area contributed by atoms with Gasteiger partial charge < -0.3 is 10.1 Å². The minimum absolute atomic E-state index is 0.0164. The van der Waals surface area contributed by atoms with Gasteiger partial charge in [0.1, 0.15) is 5.00 Å². The quantitative estimate of drug-likeness (QED) is 0.817. The highest BCUT2D eigenvalue weighted by molar-refractivity contribution is 7.17. The lowest BCUT2D eigenvalue weighted by molar-refractivity contribution is -0.116. The zero-order valence-electron chi connectivity index (χ0n) is 12.1. The second-order valence-corrected chi connectivity index (χ2v) is 6.04. The van der Waals surface area contributed by atoms with Crippen molar-refractivity contribution in [2.45, 2.75) is 52.4 Å². The summed E-state index contributed by atoms with van der Waals surface area (Å²) in [5, 5.41) is 3.57. The molecule has 0 unspecified atom stereocenters. The van der Waals surface area contributed by atoms with Crippen molar-refractivity contribution in [2.24, 2.45) is 0 Å². The second kappa shape index (κ2) is 6.88. The van der Waals surface area contributed by atoms with E-state index in [9.17, 15) is 9.59 Å². The molecule has 0 aliphatic heterocycles. The standard InChI is InChI=1S/C15H21NO3S/c1-3-5-9-12(17)16-14-13(15(18)19-4-2)10-7-6-8-11(10)20-14/h3-9H2,1-2H3,(H,16,17). The summed E-state index contributed by atoms with van der Waals surface area (Å²) in [6.45, 7) is 4.20. The number of carbonyl (C=O) groups is 2. The average Bonchev–Trinajstić information content (AvgIpc) is 2.96. The maximum absolute atomic E-state index is 12.1. The van der Waals surface area contributed by atoms with Crippen LogP contribution in [0.3, 0.4) is 0 Å². The third-order valence-corrected chi connectivity index (χ3v) is 4.62. The maximum atomic E-state index is 12.1. The number of aryl methyl sites for hydroxylation is 1. The number of carbonyl (C=O) groups excluding carboxylic acids is 2. The van der Waals surface area contributed by atoms with Crippen molar-refractivity contribution in [3.05, 3.63) is 16.0 Å². The highest BCUT2D eigenvalue weighted by Crippen LogP contribution is 2.39. The van der Waals surface area contributed by atoms with Gasteiger partial charge in [-0.1, -0.05) is 13.3 Å². The van der Waals surface area contributed by atoms with Gasteiger partial charge in [0.15, 0.2) is 0 Å². The molecule has 0 fully saturated rings.